The molecule has 0 unspecified atom stereocenters. The number of benzene rings is 2. The zero-order valence-corrected chi connectivity index (χ0v) is 16.7. The van der Waals surface area contributed by atoms with Crippen molar-refractivity contribution >= 4 is 33.0 Å². The summed E-state index contributed by atoms with van der Waals surface area (Å²) in [4.78, 5) is 7.41. The van der Waals surface area contributed by atoms with Gasteiger partial charge in [-0.25, -0.2) is 13.4 Å². The van der Waals surface area contributed by atoms with Gasteiger partial charge in [0, 0.05) is 23.1 Å². The minimum atomic E-state index is -4.71. The maximum Gasteiger partial charge on any atom is 0.453 e. The minimum absolute atomic E-state index is 0.0260. The molecule has 0 fully saturated rings. The van der Waals surface area contributed by atoms with Crippen molar-refractivity contribution in [1.29, 1.82) is 0 Å². The Bertz CT molecular complexity index is 1340. The van der Waals surface area contributed by atoms with Gasteiger partial charge in [0.25, 0.3) is 21.6 Å². The standard InChI is InChI=1S/C19H15F3N6O2S/c1-12-11-16(28-18(23-12)25-17(26-28)19(20,21)22)24-13-7-9-15(10-8-13)31(29,30)27-14-5-3-2-4-6-14/h2-11,24,27H,1H3. The highest BCUT2D eigenvalue weighted by Crippen LogP contribution is 2.28. The molecule has 2 aromatic carbocycles. The van der Waals surface area contributed by atoms with Crippen molar-refractivity contribution in [2.24, 2.45) is 0 Å². The van der Waals surface area contributed by atoms with Gasteiger partial charge in [-0.15, -0.1) is 5.10 Å². The monoisotopic (exact) mass is 448 g/mol. The van der Waals surface area contributed by atoms with Crippen molar-refractivity contribution in [1.82, 2.24) is 19.6 Å². The van der Waals surface area contributed by atoms with E-state index in [4.69, 9.17) is 0 Å². The molecule has 0 saturated heterocycles. The Morgan fingerprint density at radius 2 is 1.61 bits per heavy atom. The number of halogens is 3. The third-order valence-corrected chi connectivity index (χ3v) is 5.55. The average molecular weight is 448 g/mol. The molecule has 2 aromatic heterocycles. The number of nitrogens with zero attached hydrogens (tertiary/aromatic N) is 4. The maximum atomic E-state index is 12.9. The molecular formula is C19H15F3N6O2S. The largest absolute Gasteiger partial charge is 0.453 e. The highest BCUT2D eigenvalue weighted by molar-refractivity contribution is 7.92. The fourth-order valence-corrected chi connectivity index (χ4v) is 3.84. The molecule has 2 heterocycles. The topological polar surface area (TPSA) is 101 Å². The van der Waals surface area contributed by atoms with E-state index in [1.165, 1.54) is 30.3 Å². The molecule has 0 atom stereocenters. The lowest BCUT2D eigenvalue weighted by molar-refractivity contribution is -0.144. The Kier molecular flexibility index (Phi) is 5.01. The predicted molar refractivity (Wildman–Crippen MR) is 107 cm³/mol. The Balaban J connectivity index is 1.61. The van der Waals surface area contributed by atoms with Crippen LogP contribution in [-0.4, -0.2) is 28.0 Å². The average Bonchev–Trinajstić information content (AvgIpc) is 3.13. The van der Waals surface area contributed by atoms with Crippen LogP contribution < -0.4 is 10.0 Å². The number of anilines is 3. The molecule has 8 nitrogen and oxygen atoms in total. The summed E-state index contributed by atoms with van der Waals surface area (Å²) < 4.78 is 67.3. The van der Waals surface area contributed by atoms with Gasteiger partial charge in [-0.1, -0.05) is 18.2 Å². The minimum Gasteiger partial charge on any atom is -0.340 e. The molecule has 0 aliphatic carbocycles. The Morgan fingerprint density at radius 3 is 2.26 bits per heavy atom. The van der Waals surface area contributed by atoms with E-state index in [2.05, 4.69) is 25.1 Å². The van der Waals surface area contributed by atoms with E-state index >= 15 is 0 Å². The van der Waals surface area contributed by atoms with Crippen molar-refractivity contribution in [2.45, 2.75) is 18.0 Å². The smallest absolute Gasteiger partial charge is 0.340 e. The van der Waals surface area contributed by atoms with Crippen LogP contribution in [0.2, 0.25) is 0 Å². The number of aryl methyl sites for hydroxylation is 1. The summed E-state index contributed by atoms with van der Waals surface area (Å²) in [6, 6.07) is 15.7. The highest BCUT2D eigenvalue weighted by atomic mass is 32.2. The molecule has 0 aliphatic rings. The van der Waals surface area contributed by atoms with Crippen LogP contribution in [0.5, 0.6) is 0 Å². The first-order chi connectivity index (χ1) is 14.6. The lowest BCUT2D eigenvalue weighted by Gasteiger charge is -2.11. The molecule has 4 rings (SSSR count). The van der Waals surface area contributed by atoms with Crippen molar-refractivity contribution in [2.75, 3.05) is 10.0 Å². The van der Waals surface area contributed by atoms with Crippen molar-refractivity contribution < 1.29 is 21.6 Å². The molecular weight excluding hydrogens is 433 g/mol. The second-order valence-corrected chi connectivity index (χ2v) is 8.23. The molecule has 31 heavy (non-hydrogen) atoms. The van der Waals surface area contributed by atoms with E-state index in [-0.39, 0.29) is 16.5 Å². The van der Waals surface area contributed by atoms with Gasteiger partial charge in [0.2, 0.25) is 0 Å². The van der Waals surface area contributed by atoms with E-state index in [0.29, 0.717) is 17.1 Å². The quantitative estimate of drug-likeness (QED) is 0.479. The second kappa shape index (κ2) is 7.54. The Hall–Kier alpha value is -3.67. The van der Waals surface area contributed by atoms with E-state index in [9.17, 15) is 21.6 Å². The number of aromatic nitrogens is 4. The normalized spacial score (nSPS) is 12.1. The summed E-state index contributed by atoms with van der Waals surface area (Å²) >= 11 is 0. The summed E-state index contributed by atoms with van der Waals surface area (Å²) in [5.41, 5.74) is 1.29. The molecule has 0 spiro atoms. The fraction of sp³-hybridized carbons (Fsp3) is 0.105. The van der Waals surface area contributed by atoms with Gasteiger partial charge in [-0.2, -0.15) is 22.7 Å². The number of hydrogen-bond donors (Lipinski definition) is 2. The Labute approximate surface area is 174 Å². The summed E-state index contributed by atoms with van der Waals surface area (Å²) in [5, 5.41) is 6.39. The Morgan fingerprint density at radius 1 is 0.935 bits per heavy atom. The van der Waals surface area contributed by atoms with Gasteiger partial charge in [0.15, 0.2) is 0 Å². The third kappa shape index (κ3) is 4.43. The van der Waals surface area contributed by atoms with Crippen LogP contribution in [0.4, 0.5) is 30.4 Å². The number of hydrogen-bond acceptors (Lipinski definition) is 6. The van der Waals surface area contributed by atoms with Crippen LogP contribution in [-0.2, 0) is 16.2 Å². The van der Waals surface area contributed by atoms with Gasteiger partial charge in [-0.3, -0.25) is 4.72 Å². The van der Waals surface area contributed by atoms with Crippen molar-refractivity contribution in [3.05, 3.63) is 72.2 Å². The van der Waals surface area contributed by atoms with E-state index < -0.39 is 22.0 Å². The van der Waals surface area contributed by atoms with Gasteiger partial charge in [0.1, 0.15) is 5.82 Å². The van der Waals surface area contributed by atoms with Gasteiger partial charge >= 0.3 is 6.18 Å². The molecule has 0 radical (unpaired) electrons. The number of fused-ring (bicyclic) bond motifs is 1. The van der Waals surface area contributed by atoms with Crippen LogP contribution in [0, 0.1) is 6.92 Å². The van der Waals surface area contributed by atoms with Crippen LogP contribution in [0.15, 0.2) is 65.6 Å². The number of alkyl halides is 3. The molecule has 0 bridgehead atoms. The first kappa shape index (κ1) is 20.6. The van der Waals surface area contributed by atoms with E-state index in [1.807, 2.05) is 0 Å². The summed E-state index contributed by atoms with van der Waals surface area (Å²) in [7, 11) is -3.80. The SMILES string of the molecule is Cc1cc(Nc2ccc(S(=O)(=O)Nc3ccccc3)cc2)n2nc(C(F)(F)F)nc2n1. The first-order valence-corrected chi connectivity index (χ1v) is 10.4. The van der Waals surface area contributed by atoms with Gasteiger partial charge < -0.3 is 5.32 Å². The zero-order valence-electron chi connectivity index (χ0n) is 15.9. The summed E-state index contributed by atoms with van der Waals surface area (Å²) in [6.45, 7) is 1.61. The highest BCUT2D eigenvalue weighted by Gasteiger charge is 2.36. The molecule has 2 N–H and O–H groups in total. The van der Waals surface area contributed by atoms with Crippen LogP contribution >= 0.6 is 0 Å². The fourth-order valence-electron chi connectivity index (χ4n) is 2.78. The van der Waals surface area contributed by atoms with Crippen LogP contribution in [0.25, 0.3) is 5.78 Å². The summed E-state index contributed by atoms with van der Waals surface area (Å²) in [6.07, 6.45) is -4.71. The predicted octanol–water partition coefficient (Wildman–Crippen LogP) is 4.00. The molecule has 0 saturated carbocycles. The number of sulfonamides is 1. The van der Waals surface area contributed by atoms with E-state index in [0.717, 1.165) is 4.52 Å². The van der Waals surface area contributed by atoms with Crippen molar-refractivity contribution in [3.8, 4) is 0 Å². The van der Waals surface area contributed by atoms with Gasteiger partial charge in [0.05, 0.1) is 4.90 Å². The lowest BCUT2D eigenvalue weighted by atomic mass is 10.3. The zero-order chi connectivity index (χ0) is 22.2. The number of nitrogens with one attached hydrogen (secondary N) is 2. The number of para-hydroxylation sites is 1. The molecule has 0 aliphatic heterocycles. The van der Waals surface area contributed by atoms with Crippen LogP contribution in [0.3, 0.4) is 0 Å². The van der Waals surface area contributed by atoms with Crippen molar-refractivity contribution in [3.63, 3.8) is 0 Å². The lowest BCUT2D eigenvalue weighted by Crippen LogP contribution is -2.12. The molecule has 0 amide bonds. The molecule has 160 valence electrons. The second-order valence-electron chi connectivity index (χ2n) is 6.55. The van der Waals surface area contributed by atoms with Gasteiger partial charge in [-0.05, 0) is 43.3 Å². The van der Waals surface area contributed by atoms with Crippen LogP contribution in [0.1, 0.15) is 11.5 Å². The molecule has 4 aromatic rings. The third-order valence-electron chi connectivity index (χ3n) is 4.16. The first-order valence-electron chi connectivity index (χ1n) is 8.88. The number of rotatable bonds is 5. The summed E-state index contributed by atoms with van der Waals surface area (Å²) in [5.74, 6) is -1.31. The maximum absolute atomic E-state index is 12.9. The van der Waals surface area contributed by atoms with E-state index in [1.54, 1.807) is 37.3 Å². The molecule has 12 heteroatoms.